The van der Waals surface area contributed by atoms with Crippen molar-refractivity contribution < 1.29 is 14.3 Å². The number of hydrogen-bond acceptors (Lipinski definition) is 2. The fraction of sp³-hybridized carbons (Fsp3) is 0.474. The number of halogens is 1. The van der Waals surface area contributed by atoms with Crippen molar-refractivity contribution in [2.75, 3.05) is 0 Å². The van der Waals surface area contributed by atoms with Gasteiger partial charge in [0.05, 0.1) is 12.1 Å². The molecule has 1 aromatic carbocycles. The number of nitrogens with zero attached hydrogens (tertiary/aromatic N) is 1. The molecule has 0 aromatic heterocycles. The maximum Gasteiger partial charge on any atom is 0.262 e. The van der Waals surface area contributed by atoms with Gasteiger partial charge in [0.25, 0.3) is 5.91 Å². The molecule has 0 bridgehead atoms. The molecule has 0 radical (unpaired) electrons. The van der Waals surface area contributed by atoms with Crippen molar-refractivity contribution in [3.8, 4) is 5.75 Å². The third-order valence-corrected chi connectivity index (χ3v) is 4.85. The second-order valence-corrected chi connectivity index (χ2v) is 6.47. The lowest BCUT2D eigenvalue weighted by Crippen LogP contribution is -2.17. The molecule has 3 nitrogen and oxygen atoms in total. The van der Waals surface area contributed by atoms with Gasteiger partial charge in [-0.1, -0.05) is 25.8 Å². The summed E-state index contributed by atoms with van der Waals surface area (Å²) >= 11 is 0. The van der Waals surface area contributed by atoms with Crippen molar-refractivity contribution in [3.63, 3.8) is 0 Å². The lowest BCUT2D eigenvalue weighted by molar-refractivity contribution is 0.0838. The SMILES string of the molecule is CCCC1CCC(=C=CN2Cc3ccc(O)c(F)c3C2=O)CC1. The molecule has 0 saturated heterocycles. The van der Waals surface area contributed by atoms with Crippen LogP contribution in [0.4, 0.5) is 4.39 Å². The van der Waals surface area contributed by atoms with Gasteiger partial charge >= 0.3 is 0 Å². The van der Waals surface area contributed by atoms with Gasteiger partial charge in [0, 0.05) is 6.20 Å². The second kappa shape index (κ2) is 6.59. The minimum Gasteiger partial charge on any atom is -0.505 e. The van der Waals surface area contributed by atoms with Crippen LogP contribution in [0.25, 0.3) is 0 Å². The van der Waals surface area contributed by atoms with Crippen molar-refractivity contribution in [1.29, 1.82) is 0 Å². The van der Waals surface area contributed by atoms with Crippen molar-refractivity contribution >= 4 is 5.91 Å². The Bertz CT molecular complexity index is 679. The highest BCUT2D eigenvalue weighted by atomic mass is 19.1. The predicted molar refractivity (Wildman–Crippen MR) is 86.4 cm³/mol. The van der Waals surface area contributed by atoms with Gasteiger partial charge in [0.2, 0.25) is 0 Å². The molecule has 2 aliphatic rings. The molecular formula is C19H22FNO2. The molecule has 0 unspecified atom stereocenters. The predicted octanol–water partition coefficient (Wildman–Crippen LogP) is 4.52. The fourth-order valence-corrected chi connectivity index (χ4v) is 3.51. The maximum absolute atomic E-state index is 13.9. The zero-order valence-corrected chi connectivity index (χ0v) is 13.4. The van der Waals surface area contributed by atoms with E-state index in [0.29, 0.717) is 12.1 Å². The number of benzene rings is 1. The molecule has 1 fully saturated rings. The van der Waals surface area contributed by atoms with E-state index in [-0.39, 0.29) is 5.56 Å². The van der Waals surface area contributed by atoms with E-state index in [1.165, 1.54) is 42.2 Å². The minimum absolute atomic E-state index is 0.0142. The Kier molecular flexibility index (Phi) is 4.53. The summed E-state index contributed by atoms with van der Waals surface area (Å²) in [5.74, 6) is -0.881. The van der Waals surface area contributed by atoms with E-state index in [9.17, 15) is 14.3 Å². The normalized spacial score (nSPS) is 20.4. The van der Waals surface area contributed by atoms with Crippen LogP contribution < -0.4 is 0 Å². The molecular weight excluding hydrogens is 293 g/mol. The molecule has 4 heteroatoms. The highest BCUT2D eigenvalue weighted by Crippen LogP contribution is 2.32. The van der Waals surface area contributed by atoms with Crippen LogP contribution in [0.2, 0.25) is 0 Å². The molecule has 122 valence electrons. The minimum atomic E-state index is -0.823. The first-order chi connectivity index (χ1) is 11.1. The van der Waals surface area contributed by atoms with Gasteiger partial charge in [-0.25, -0.2) is 4.39 Å². The van der Waals surface area contributed by atoms with Crippen LogP contribution in [0.3, 0.4) is 0 Å². The number of rotatable bonds is 3. The molecule has 1 heterocycles. The van der Waals surface area contributed by atoms with Crippen molar-refractivity contribution in [2.24, 2.45) is 5.92 Å². The molecule has 1 saturated carbocycles. The van der Waals surface area contributed by atoms with Crippen LogP contribution in [0.5, 0.6) is 5.75 Å². The molecule has 1 N–H and O–H groups in total. The third kappa shape index (κ3) is 3.18. The topological polar surface area (TPSA) is 40.5 Å². The van der Waals surface area contributed by atoms with E-state index in [2.05, 4.69) is 12.7 Å². The van der Waals surface area contributed by atoms with Crippen molar-refractivity contribution in [1.82, 2.24) is 4.90 Å². The van der Waals surface area contributed by atoms with Gasteiger partial charge in [0.15, 0.2) is 11.6 Å². The van der Waals surface area contributed by atoms with Gasteiger partial charge in [-0.2, -0.15) is 0 Å². The number of carbonyl (C=O) groups excluding carboxylic acids is 1. The smallest absolute Gasteiger partial charge is 0.262 e. The highest BCUT2D eigenvalue weighted by molar-refractivity contribution is 5.99. The molecule has 3 rings (SSSR count). The summed E-state index contributed by atoms with van der Waals surface area (Å²) in [7, 11) is 0. The van der Waals surface area contributed by atoms with E-state index in [4.69, 9.17) is 0 Å². The molecule has 0 atom stereocenters. The second-order valence-electron chi connectivity index (χ2n) is 6.47. The number of carbonyl (C=O) groups is 1. The number of phenols is 1. The van der Waals surface area contributed by atoms with Gasteiger partial charge in [-0.3, -0.25) is 4.79 Å². The number of aromatic hydroxyl groups is 1. The number of fused-ring (bicyclic) bond motifs is 1. The summed E-state index contributed by atoms with van der Waals surface area (Å²) in [5.41, 5.74) is 5.07. The summed E-state index contributed by atoms with van der Waals surface area (Å²) in [6.07, 6.45) is 8.63. The largest absolute Gasteiger partial charge is 0.505 e. The number of allylic oxidation sites excluding steroid dienone is 1. The zero-order valence-electron chi connectivity index (χ0n) is 13.4. The Labute approximate surface area is 136 Å². The Morgan fingerprint density at radius 1 is 1.39 bits per heavy atom. The van der Waals surface area contributed by atoms with Crippen molar-refractivity contribution in [3.05, 3.63) is 46.6 Å². The van der Waals surface area contributed by atoms with E-state index >= 15 is 0 Å². The molecule has 1 amide bonds. The van der Waals surface area contributed by atoms with E-state index < -0.39 is 17.5 Å². The zero-order chi connectivity index (χ0) is 16.4. The first-order valence-electron chi connectivity index (χ1n) is 8.36. The number of amides is 1. The van der Waals surface area contributed by atoms with Crippen LogP contribution in [0.1, 0.15) is 61.4 Å². The summed E-state index contributed by atoms with van der Waals surface area (Å²) in [6, 6.07) is 2.89. The number of phenolic OH excluding ortho intramolecular Hbond substituents is 1. The average Bonchev–Trinajstić information content (AvgIpc) is 2.87. The summed E-state index contributed by atoms with van der Waals surface area (Å²) in [4.78, 5) is 13.7. The molecule has 1 aromatic rings. The first-order valence-corrected chi connectivity index (χ1v) is 8.36. The summed E-state index contributed by atoms with van der Waals surface area (Å²) < 4.78 is 13.9. The lowest BCUT2D eigenvalue weighted by atomic mass is 9.84. The van der Waals surface area contributed by atoms with Crippen molar-refractivity contribution in [2.45, 2.75) is 52.0 Å². The average molecular weight is 315 g/mol. The van der Waals surface area contributed by atoms with Crippen LogP contribution >= 0.6 is 0 Å². The van der Waals surface area contributed by atoms with Crippen LogP contribution in [0.15, 0.2) is 29.6 Å². The maximum atomic E-state index is 13.9. The number of hydrogen-bond donors (Lipinski definition) is 1. The van der Waals surface area contributed by atoms with Gasteiger partial charge < -0.3 is 10.0 Å². The Morgan fingerprint density at radius 3 is 2.83 bits per heavy atom. The van der Waals surface area contributed by atoms with Crippen LogP contribution in [-0.4, -0.2) is 15.9 Å². The molecule has 0 spiro atoms. The van der Waals surface area contributed by atoms with Gasteiger partial charge in [-0.15, -0.1) is 5.73 Å². The quantitative estimate of drug-likeness (QED) is 0.833. The van der Waals surface area contributed by atoms with E-state index in [0.717, 1.165) is 18.8 Å². The summed E-state index contributed by atoms with van der Waals surface area (Å²) in [5, 5.41) is 9.41. The van der Waals surface area contributed by atoms with E-state index in [1.807, 2.05) is 0 Å². The fourth-order valence-electron chi connectivity index (χ4n) is 3.51. The lowest BCUT2D eigenvalue weighted by Gasteiger charge is -2.22. The standard InChI is InChI=1S/C19H22FNO2/c1-2-3-13-4-6-14(7-5-13)10-11-21-12-15-8-9-16(22)18(20)17(15)19(21)23/h8-9,11,13,22H,2-7,12H2,1H3. The molecule has 1 aliphatic heterocycles. The van der Waals surface area contributed by atoms with Crippen LogP contribution in [-0.2, 0) is 6.54 Å². The monoisotopic (exact) mass is 315 g/mol. The Hall–Kier alpha value is -2.06. The molecule has 1 aliphatic carbocycles. The van der Waals surface area contributed by atoms with Crippen LogP contribution in [0, 0.1) is 11.7 Å². The third-order valence-electron chi connectivity index (χ3n) is 4.85. The Morgan fingerprint density at radius 2 is 2.13 bits per heavy atom. The molecule has 23 heavy (non-hydrogen) atoms. The highest BCUT2D eigenvalue weighted by Gasteiger charge is 2.30. The van der Waals surface area contributed by atoms with Gasteiger partial charge in [-0.05, 0) is 48.8 Å². The Balaban J connectivity index is 1.72. The first kappa shape index (κ1) is 15.8. The summed E-state index contributed by atoms with van der Waals surface area (Å²) in [6.45, 7) is 2.56. The van der Waals surface area contributed by atoms with Gasteiger partial charge in [0.1, 0.15) is 0 Å². The van der Waals surface area contributed by atoms with E-state index in [1.54, 1.807) is 12.3 Å².